The van der Waals surface area contributed by atoms with Crippen LogP contribution >= 0.6 is 28.1 Å². The van der Waals surface area contributed by atoms with Crippen LogP contribution in [0.2, 0.25) is 0 Å². The van der Waals surface area contributed by atoms with Gasteiger partial charge in [-0.05, 0) is 89.4 Å². The molecule has 1 heterocycles. The molecule has 0 spiro atoms. The average Bonchev–Trinajstić information content (AvgIpc) is 2.79. The normalized spacial score (nSPS) is 14.7. The van der Waals surface area contributed by atoms with Gasteiger partial charge in [0.15, 0.2) is 5.11 Å². The minimum atomic E-state index is -3.49. The highest BCUT2D eigenvalue weighted by Crippen LogP contribution is 2.26. The summed E-state index contributed by atoms with van der Waals surface area (Å²) in [5, 5.41) is 5.66. The predicted molar refractivity (Wildman–Crippen MR) is 137 cm³/mol. The summed E-state index contributed by atoms with van der Waals surface area (Å²) in [5.74, 6) is 0.690. The molecule has 2 aromatic carbocycles. The summed E-state index contributed by atoms with van der Waals surface area (Å²) < 4.78 is 33.4. The maximum atomic E-state index is 12.8. The van der Waals surface area contributed by atoms with Crippen LogP contribution in [0, 0.1) is 5.92 Å². The molecule has 178 valence electrons. The van der Waals surface area contributed by atoms with E-state index in [1.165, 1.54) is 4.31 Å². The third kappa shape index (κ3) is 6.99. The van der Waals surface area contributed by atoms with Crippen molar-refractivity contribution in [2.45, 2.75) is 38.0 Å². The van der Waals surface area contributed by atoms with Crippen molar-refractivity contribution in [1.29, 1.82) is 0 Å². The number of ether oxygens (including phenoxy) is 1. The van der Waals surface area contributed by atoms with E-state index in [-0.39, 0.29) is 15.9 Å². The van der Waals surface area contributed by atoms with E-state index in [9.17, 15) is 13.2 Å². The number of hydrogen-bond acceptors (Lipinski definition) is 5. The highest BCUT2D eigenvalue weighted by Gasteiger charge is 2.25. The number of carbonyl (C=O) groups excluding carboxylic acids is 1. The first kappa shape index (κ1) is 25.6. The second-order valence-corrected chi connectivity index (χ2v) is 11.4. The van der Waals surface area contributed by atoms with E-state index in [0.29, 0.717) is 47.1 Å². The third-order valence-corrected chi connectivity index (χ3v) is 7.79. The molecule has 7 nitrogen and oxygen atoms in total. The molecular weight excluding hydrogens is 526 g/mol. The number of anilines is 1. The van der Waals surface area contributed by atoms with Crippen LogP contribution < -0.4 is 15.4 Å². The molecule has 0 aliphatic carbocycles. The second kappa shape index (κ2) is 11.4. The SMILES string of the molecule is CC(C)COc1ccc(C(=O)NC(=S)Nc2ccc(S(=O)(=O)N3CCCCC3)cc2)cc1Br. The molecule has 0 saturated carbocycles. The van der Waals surface area contributed by atoms with Crippen LogP contribution in [-0.2, 0) is 10.0 Å². The number of rotatable bonds is 7. The first-order valence-corrected chi connectivity index (χ1v) is 13.5. The van der Waals surface area contributed by atoms with Gasteiger partial charge < -0.3 is 10.1 Å². The zero-order valence-electron chi connectivity index (χ0n) is 18.6. The Morgan fingerprint density at radius 3 is 2.39 bits per heavy atom. The van der Waals surface area contributed by atoms with Gasteiger partial charge in [-0.25, -0.2) is 8.42 Å². The number of amides is 1. The standard InChI is InChI=1S/C23H28BrN3O4S2/c1-16(2)15-31-21-11-6-17(14-20(21)24)22(28)26-23(32)25-18-7-9-19(10-8-18)33(29,30)27-12-4-3-5-13-27/h6-11,14,16H,3-5,12-13,15H2,1-2H3,(H2,25,26,28,32). The molecule has 2 aromatic rings. The van der Waals surface area contributed by atoms with E-state index in [1.54, 1.807) is 42.5 Å². The van der Waals surface area contributed by atoms with E-state index >= 15 is 0 Å². The van der Waals surface area contributed by atoms with Crippen molar-refractivity contribution in [3.05, 3.63) is 52.5 Å². The number of benzene rings is 2. The Morgan fingerprint density at radius 2 is 1.79 bits per heavy atom. The quantitative estimate of drug-likeness (QED) is 0.479. The van der Waals surface area contributed by atoms with Gasteiger partial charge in [0.2, 0.25) is 10.0 Å². The van der Waals surface area contributed by atoms with Gasteiger partial charge in [-0.3, -0.25) is 10.1 Å². The van der Waals surface area contributed by atoms with E-state index in [1.807, 2.05) is 0 Å². The zero-order chi connectivity index (χ0) is 24.0. The highest BCUT2D eigenvalue weighted by atomic mass is 79.9. The predicted octanol–water partition coefficient (Wildman–Crippen LogP) is 4.79. The number of piperidine rings is 1. The van der Waals surface area contributed by atoms with Gasteiger partial charge in [-0.1, -0.05) is 20.3 Å². The van der Waals surface area contributed by atoms with Crippen molar-refractivity contribution < 1.29 is 17.9 Å². The van der Waals surface area contributed by atoms with Crippen molar-refractivity contribution in [1.82, 2.24) is 9.62 Å². The van der Waals surface area contributed by atoms with E-state index in [0.717, 1.165) is 19.3 Å². The minimum absolute atomic E-state index is 0.114. The Morgan fingerprint density at radius 1 is 1.12 bits per heavy atom. The maximum absolute atomic E-state index is 12.8. The molecule has 0 atom stereocenters. The number of nitrogens with one attached hydrogen (secondary N) is 2. The summed E-state index contributed by atoms with van der Waals surface area (Å²) in [6, 6.07) is 11.4. The lowest BCUT2D eigenvalue weighted by Gasteiger charge is -2.25. The largest absolute Gasteiger partial charge is 0.492 e. The number of nitrogens with zero attached hydrogens (tertiary/aromatic N) is 1. The van der Waals surface area contributed by atoms with Crippen molar-refractivity contribution >= 4 is 54.9 Å². The summed E-state index contributed by atoms with van der Waals surface area (Å²) in [7, 11) is -3.49. The Bertz CT molecular complexity index is 1100. The molecular formula is C23H28BrN3O4S2. The van der Waals surface area contributed by atoms with Crippen molar-refractivity contribution in [3.8, 4) is 5.75 Å². The van der Waals surface area contributed by atoms with E-state index in [4.69, 9.17) is 17.0 Å². The lowest BCUT2D eigenvalue weighted by Crippen LogP contribution is -2.35. The lowest BCUT2D eigenvalue weighted by molar-refractivity contribution is 0.0977. The monoisotopic (exact) mass is 553 g/mol. The summed E-state index contributed by atoms with van der Waals surface area (Å²) >= 11 is 8.67. The maximum Gasteiger partial charge on any atom is 0.257 e. The highest BCUT2D eigenvalue weighted by molar-refractivity contribution is 9.10. The smallest absolute Gasteiger partial charge is 0.257 e. The first-order chi connectivity index (χ1) is 15.7. The summed E-state index contributed by atoms with van der Waals surface area (Å²) in [6.45, 7) is 5.81. The van der Waals surface area contributed by atoms with Crippen LogP contribution in [0.5, 0.6) is 5.75 Å². The fraction of sp³-hybridized carbons (Fsp3) is 0.391. The molecule has 0 aromatic heterocycles. The molecule has 33 heavy (non-hydrogen) atoms. The fourth-order valence-corrected chi connectivity index (χ4v) is 5.54. The van der Waals surface area contributed by atoms with Crippen molar-refractivity contribution in [2.24, 2.45) is 5.92 Å². The summed E-state index contributed by atoms with van der Waals surface area (Å²) in [6.07, 6.45) is 2.83. The number of carbonyl (C=O) groups is 1. The average molecular weight is 555 g/mol. The van der Waals surface area contributed by atoms with Gasteiger partial charge in [0.05, 0.1) is 16.0 Å². The Balaban J connectivity index is 1.58. The number of thiocarbonyl (C=S) groups is 1. The molecule has 0 unspecified atom stereocenters. The zero-order valence-corrected chi connectivity index (χ0v) is 21.9. The van der Waals surface area contributed by atoms with E-state index < -0.39 is 10.0 Å². The molecule has 1 saturated heterocycles. The van der Waals surface area contributed by atoms with Gasteiger partial charge in [-0.15, -0.1) is 0 Å². The Kier molecular flexibility index (Phi) is 8.86. The molecule has 0 bridgehead atoms. The molecule has 0 radical (unpaired) electrons. The first-order valence-electron chi connectivity index (χ1n) is 10.8. The Hall–Kier alpha value is -2.01. The van der Waals surface area contributed by atoms with Gasteiger partial charge in [-0.2, -0.15) is 4.31 Å². The molecule has 1 aliphatic rings. The summed E-state index contributed by atoms with van der Waals surface area (Å²) in [5.41, 5.74) is 1.00. The minimum Gasteiger partial charge on any atom is -0.492 e. The fourth-order valence-electron chi connectivity index (χ4n) is 3.32. The lowest BCUT2D eigenvalue weighted by atomic mass is 10.2. The molecule has 3 rings (SSSR count). The van der Waals surface area contributed by atoms with Gasteiger partial charge in [0.1, 0.15) is 5.75 Å². The number of sulfonamides is 1. The topological polar surface area (TPSA) is 87.7 Å². The molecule has 1 aliphatic heterocycles. The van der Waals surface area contributed by atoms with Gasteiger partial charge in [0, 0.05) is 24.3 Å². The van der Waals surface area contributed by atoms with Crippen LogP contribution in [0.25, 0.3) is 0 Å². The third-order valence-electron chi connectivity index (χ3n) is 5.06. The number of halogens is 1. The van der Waals surface area contributed by atoms with Crippen LogP contribution in [0.15, 0.2) is 51.8 Å². The number of hydrogen-bond donors (Lipinski definition) is 2. The second-order valence-electron chi connectivity index (χ2n) is 8.25. The van der Waals surface area contributed by atoms with Gasteiger partial charge >= 0.3 is 0 Å². The summed E-state index contributed by atoms with van der Waals surface area (Å²) in [4.78, 5) is 12.8. The van der Waals surface area contributed by atoms with Crippen LogP contribution in [-0.4, -0.2) is 43.4 Å². The van der Waals surface area contributed by atoms with Crippen LogP contribution in [0.4, 0.5) is 5.69 Å². The van der Waals surface area contributed by atoms with Crippen LogP contribution in [0.3, 0.4) is 0 Å². The van der Waals surface area contributed by atoms with E-state index in [2.05, 4.69) is 40.4 Å². The molecule has 1 fully saturated rings. The van der Waals surface area contributed by atoms with Gasteiger partial charge in [0.25, 0.3) is 5.91 Å². The molecule has 2 N–H and O–H groups in total. The van der Waals surface area contributed by atoms with Crippen molar-refractivity contribution in [2.75, 3.05) is 25.0 Å². The Labute approximate surface area is 209 Å². The van der Waals surface area contributed by atoms with Crippen molar-refractivity contribution in [3.63, 3.8) is 0 Å². The van der Waals surface area contributed by atoms with Crippen LogP contribution in [0.1, 0.15) is 43.5 Å². The molecule has 1 amide bonds. The molecule has 10 heteroatoms.